The topological polar surface area (TPSA) is 12.0 Å². The van der Waals surface area contributed by atoms with E-state index in [1.54, 1.807) is 0 Å². The van der Waals surface area contributed by atoms with Crippen LogP contribution in [0, 0.1) is 5.92 Å². The Labute approximate surface area is 133 Å². The van der Waals surface area contributed by atoms with Gasteiger partial charge in [0.15, 0.2) is 0 Å². The van der Waals surface area contributed by atoms with Crippen molar-refractivity contribution in [1.82, 2.24) is 5.32 Å². The third kappa shape index (κ3) is 3.16. The molecule has 106 valence electrons. The van der Waals surface area contributed by atoms with Crippen LogP contribution in [0.4, 0.5) is 0 Å². The molecule has 0 bridgehead atoms. The molecule has 3 heteroatoms. The number of thiophene rings is 1. The summed E-state index contributed by atoms with van der Waals surface area (Å²) in [6, 6.07) is 13.7. The van der Waals surface area contributed by atoms with Crippen LogP contribution in [0.5, 0.6) is 0 Å². The van der Waals surface area contributed by atoms with E-state index in [-0.39, 0.29) is 0 Å². The molecule has 1 aliphatic rings. The van der Waals surface area contributed by atoms with Crippen molar-refractivity contribution in [2.45, 2.75) is 31.7 Å². The number of nitrogens with one attached hydrogen (secondary N) is 1. The Morgan fingerprint density at radius 2 is 2.10 bits per heavy atom. The quantitative estimate of drug-likeness (QED) is 0.786. The Bertz CT molecular complexity index is 551. The Morgan fingerprint density at radius 1 is 1.30 bits per heavy atom. The van der Waals surface area contributed by atoms with E-state index < -0.39 is 0 Å². The van der Waals surface area contributed by atoms with Gasteiger partial charge in [-0.3, -0.25) is 0 Å². The first-order valence-corrected chi connectivity index (χ1v) is 8.97. The molecule has 3 rings (SSSR count). The van der Waals surface area contributed by atoms with Gasteiger partial charge >= 0.3 is 0 Å². The second kappa shape index (κ2) is 6.42. The molecule has 1 aromatic carbocycles. The summed E-state index contributed by atoms with van der Waals surface area (Å²) in [6.45, 7) is 3.25. The van der Waals surface area contributed by atoms with Gasteiger partial charge in [-0.1, -0.05) is 37.3 Å². The lowest BCUT2D eigenvalue weighted by atomic mass is 10.0. The van der Waals surface area contributed by atoms with Crippen LogP contribution in [0.2, 0.25) is 0 Å². The number of rotatable bonds is 6. The predicted molar refractivity (Wildman–Crippen MR) is 90.5 cm³/mol. The minimum absolute atomic E-state index is 0.597. The van der Waals surface area contributed by atoms with Crippen molar-refractivity contribution >= 4 is 27.3 Å². The van der Waals surface area contributed by atoms with Gasteiger partial charge in [0.2, 0.25) is 0 Å². The zero-order valence-electron chi connectivity index (χ0n) is 11.7. The molecule has 2 aromatic rings. The number of likely N-dealkylation sites (N-methyl/N-ethyl adjacent to an activating group) is 1. The zero-order valence-corrected chi connectivity index (χ0v) is 14.1. The molecule has 0 saturated heterocycles. The summed E-state index contributed by atoms with van der Waals surface area (Å²) in [6.07, 6.45) is 2.46. The molecule has 0 aliphatic heterocycles. The molecule has 1 N–H and O–H groups in total. The van der Waals surface area contributed by atoms with E-state index in [0.29, 0.717) is 6.04 Å². The highest BCUT2D eigenvalue weighted by Crippen LogP contribution is 2.50. The van der Waals surface area contributed by atoms with Crippen molar-refractivity contribution in [2.75, 3.05) is 6.54 Å². The molecule has 1 aliphatic carbocycles. The molecule has 0 amide bonds. The molecule has 1 aromatic heterocycles. The van der Waals surface area contributed by atoms with Gasteiger partial charge in [-0.15, -0.1) is 11.3 Å². The molecule has 3 atom stereocenters. The monoisotopic (exact) mass is 349 g/mol. The fraction of sp³-hybridized carbons (Fsp3) is 0.412. The summed E-state index contributed by atoms with van der Waals surface area (Å²) in [7, 11) is 0. The van der Waals surface area contributed by atoms with Crippen LogP contribution in [0.25, 0.3) is 0 Å². The second-order valence-electron chi connectivity index (χ2n) is 5.48. The van der Waals surface area contributed by atoms with Gasteiger partial charge in [0, 0.05) is 15.4 Å². The molecule has 1 fully saturated rings. The van der Waals surface area contributed by atoms with Crippen molar-refractivity contribution in [3.05, 3.63) is 56.7 Å². The minimum Gasteiger partial charge on any atom is -0.314 e. The van der Waals surface area contributed by atoms with Crippen LogP contribution in [0.1, 0.15) is 29.7 Å². The largest absolute Gasteiger partial charge is 0.314 e. The highest BCUT2D eigenvalue weighted by atomic mass is 79.9. The van der Waals surface area contributed by atoms with Crippen LogP contribution < -0.4 is 5.32 Å². The predicted octanol–water partition coefficient (Wildman–Crippen LogP) is 4.83. The van der Waals surface area contributed by atoms with E-state index >= 15 is 0 Å². The molecule has 20 heavy (non-hydrogen) atoms. The SMILES string of the molecule is CCNC(Cc1sccc1Br)C1CC1c1ccccc1. The minimum atomic E-state index is 0.597. The third-order valence-corrected chi connectivity index (χ3v) is 6.10. The lowest BCUT2D eigenvalue weighted by Gasteiger charge is -2.18. The average molecular weight is 350 g/mol. The first-order valence-electron chi connectivity index (χ1n) is 7.29. The lowest BCUT2D eigenvalue weighted by Crippen LogP contribution is -2.33. The maximum atomic E-state index is 3.70. The zero-order chi connectivity index (χ0) is 13.9. The Kier molecular flexibility index (Phi) is 4.59. The molecule has 3 unspecified atom stereocenters. The van der Waals surface area contributed by atoms with Crippen LogP contribution in [0.3, 0.4) is 0 Å². The Balaban J connectivity index is 1.68. The Hall–Kier alpha value is -0.640. The molecular formula is C17H20BrNS. The van der Waals surface area contributed by atoms with Crippen LogP contribution in [0.15, 0.2) is 46.3 Å². The van der Waals surface area contributed by atoms with Gasteiger partial charge in [0.1, 0.15) is 0 Å². The third-order valence-electron chi connectivity index (χ3n) is 4.15. The average Bonchev–Trinajstić information content (AvgIpc) is 3.18. The first-order chi connectivity index (χ1) is 9.79. The lowest BCUT2D eigenvalue weighted by molar-refractivity contribution is 0.466. The number of hydrogen-bond acceptors (Lipinski definition) is 2. The van der Waals surface area contributed by atoms with Crippen molar-refractivity contribution in [2.24, 2.45) is 5.92 Å². The van der Waals surface area contributed by atoms with E-state index in [9.17, 15) is 0 Å². The molecule has 1 nitrogen and oxygen atoms in total. The van der Waals surface area contributed by atoms with E-state index in [1.165, 1.54) is 21.3 Å². The van der Waals surface area contributed by atoms with Gasteiger partial charge in [-0.05, 0) is 64.2 Å². The van der Waals surface area contributed by atoms with Crippen LogP contribution in [-0.4, -0.2) is 12.6 Å². The van der Waals surface area contributed by atoms with Gasteiger partial charge < -0.3 is 5.32 Å². The number of benzene rings is 1. The first kappa shape index (κ1) is 14.3. The van der Waals surface area contributed by atoms with Gasteiger partial charge in [-0.25, -0.2) is 0 Å². The van der Waals surface area contributed by atoms with Crippen molar-refractivity contribution < 1.29 is 0 Å². The van der Waals surface area contributed by atoms with Crippen molar-refractivity contribution in [1.29, 1.82) is 0 Å². The molecule has 1 heterocycles. The standard InChI is InChI=1S/C17H20BrNS/c1-2-19-16(11-17-15(18)8-9-20-17)14-10-13(14)12-6-4-3-5-7-12/h3-9,13-14,16,19H,2,10-11H2,1H3. The summed E-state index contributed by atoms with van der Waals surface area (Å²) in [5.41, 5.74) is 1.51. The summed E-state index contributed by atoms with van der Waals surface area (Å²) in [4.78, 5) is 1.47. The highest BCUT2D eigenvalue weighted by molar-refractivity contribution is 9.10. The van der Waals surface area contributed by atoms with Gasteiger partial charge in [0.05, 0.1) is 0 Å². The second-order valence-corrected chi connectivity index (χ2v) is 7.33. The summed E-state index contributed by atoms with van der Waals surface area (Å²) in [5.74, 6) is 1.53. The van der Waals surface area contributed by atoms with Gasteiger partial charge in [0.25, 0.3) is 0 Å². The van der Waals surface area contributed by atoms with Crippen LogP contribution >= 0.6 is 27.3 Å². The van der Waals surface area contributed by atoms with Gasteiger partial charge in [-0.2, -0.15) is 0 Å². The summed E-state index contributed by atoms with van der Waals surface area (Å²) in [5, 5.41) is 5.87. The fourth-order valence-electron chi connectivity index (χ4n) is 3.05. The van der Waals surface area contributed by atoms with E-state index in [4.69, 9.17) is 0 Å². The Morgan fingerprint density at radius 3 is 2.75 bits per heavy atom. The summed E-state index contributed by atoms with van der Waals surface area (Å²) < 4.78 is 1.27. The fourth-order valence-corrected chi connectivity index (χ4v) is 4.62. The van der Waals surface area contributed by atoms with Crippen molar-refractivity contribution in [3.63, 3.8) is 0 Å². The normalized spacial score (nSPS) is 22.7. The molecule has 1 saturated carbocycles. The molecular weight excluding hydrogens is 330 g/mol. The van der Waals surface area contributed by atoms with Crippen LogP contribution in [-0.2, 0) is 6.42 Å². The van der Waals surface area contributed by atoms with Crippen molar-refractivity contribution in [3.8, 4) is 0 Å². The van der Waals surface area contributed by atoms with E-state index in [0.717, 1.165) is 24.8 Å². The maximum absolute atomic E-state index is 3.70. The number of hydrogen-bond donors (Lipinski definition) is 1. The molecule has 0 radical (unpaired) electrons. The summed E-state index contributed by atoms with van der Waals surface area (Å²) >= 11 is 5.52. The number of halogens is 1. The maximum Gasteiger partial charge on any atom is 0.0314 e. The van der Waals surface area contributed by atoms with E-state index in [1.807, 2.05) is 11.3 Å². The van der Waals surface area contributed by atoms with E-state index in [2.05, 4.69) is 69.9 Å². The smallest absolute Gasteiger partial charge is 0.0314 e. The molecule has 0 spiro atoms. The highest BCUT2D eigenvalue weighted by Gasteiger charge is 2.43.